The van der Waals surface area contributed by atoms with E-state index in [1.54, 1.807) is 6.92 Å². The number of rotatable bonds is 6. The third kappa shape index (κ3) is 6.60. The fourth-order valence-corrected chi connectivity index (χ4v) is 2.60. The molecule has 0 aliphatic heterocycles. The van der Waals surface area contributed by atoms with Crippen LogP contribution in [0.1, 0.15) is 35.2 Å². The molecule has 27 heavy (non-hydrogen) atoms. The van der Waals surface area contributed by atoms with E-state index in [2.05, 4.69) is 15.5 Å². The average molecular weight is 379 g/mol. The fraction of sp³-hybridized carbons (Fsp3) is 0.350. The van der Waals surface area contributed by atoms with E-state index in [0.29, 0.717) is 12.1 Å². The third-order valence-corrected chi connectivity index (χ3v) is 4.06. The van der Waals surface area contributed by atoms with Gasteiger partial charge in [-0.2, -0.15) is 13.2 Å². The van der Waals surface area contributed by atoms with Crippen LogP contribution in [0.5, 0.6) is 0 Å². The molecule has 2 rings (SSSR count). The van der Waals surface area contributed by atoms with Crippen LogP contribution in [-0.2, 0) is 19.3 Å². The molecule has 146 valence electrons. The Morgan fingerprint density at radius 3 is 2.07 bits per heavy atom. The van der Waals surface area contributed by atoms with E-state index in [0.717, 1.165) is 24.2 Å². The van der Waals surface area contributed by atoms with Crippen LogP contribution in [0.15, 0.2) is 48.5 Å². The molecule has 0 aromatic heterocycles. The maximum atomic E-state index is 12.6. The van der Waals surface area contributed by atoms with Crippen LogP contribution >= 0.6 is 0 Å². The summed E-state index contributed by atoms with van der Waals surface area (Å²) in [7, 11) is 4.00. The summed E-state index contributed by atoms with van der Waals surface area (Å²) in [6.45, 7) is 2.94. The van der Waals surface area contributed by atoms with Crippen LogP contribution in [0.25, 0.3) is 0 Å². The molecule has 2 N–H and O–H groups in total. The van der Waals surface area contributed by atoms with E-state index < -0.39 is 17.8 Å². The minimum atomic E-state index is -4.37. The Morgan fingerprint density at radius 1 is 1.00 bits per heavy atom. The molecule has 1 unspecified atom stereocenters. The summed E-state index contributed by atoms with van der Waals surface area (Å²) in [4.78, 5) is 14.1. The number of hydrogen-bond donors (Lipinski definition) is 2. The quantitative estimate of drug-likeness (QED) is 0.785. The molecule has 7 heteroatoms. The first-order valence-corrected chi connectivity index (χ1v) is 8.59. The highest BCUT2D eigenvalue weighted by Gasteiger charge is 2.30. The topological polar surface area (TPSA) is 44.4 Å². The lowest BCUT2D eigenvalue weighted by molar-refractivity contribution is -0.137. The van der Waals surface area contributed by atoms with Crippen molar-refractivity contribution >= 4 is 6.03 Å². The Morgan fingerprint density at radius 2 is 1.56 bits per heavy atom. The number of amides is 2. The van der Waals surface area contributed by atoms with Gasteiger partial charge in [0.05, 0.1) is 11.6 Å². The summed E-state index contributed by atoms with van der Waals surface area (Å²) in [5.41, 5.74) is 2.05. The van der Waals surface area contributed by atoms with E-state index in [-0.39, 0.29) is 6.03 Å². The Labute approximate surface area is 157 Å². The SMILES string of the molecule is CC(NC(=O)NCc1ccc(CN(C)C)cc1)c1ccc(C(F)(F)F)cc1. The van der Waals surface area contributed by atoms with Gasteiger partial charge in [0, 0.05) is 13.1 Å². The second kappa shape index (κ2) is 8.90. The minimum Gasteiger partial charge on any atom is -0.334 e. The van der Waals surface area contributed by atoms with Crippen molar-refractivity contribution in [2.75, 3.05) is 14.1 Å². The smallest absolute Gasteiger partial charge is 0.334 e. The number of alkyl halides is 3. The van der Waals surface area contributed by atoms with E-state index in [1.807, 2.05) is 38.4 Å². The lowest BCUT2D eigenvalue weighted by Crippen LogP contribution is -2.36. The molecule has 2 aromatic carbocycles. The zero-order valence-electron chi connectivity index (χ0n) is 15.6. The van der Waals surface area contributed by atoms with Crippen molar-refractivity contribution in [3.63, 3.8) is 0 Å². The van der Waals surface area contributed by atoms with Crippen LogP contribution in [0.4, 0.5) is 18.0 Å². The van der Waals surface area contributed by atoms with Crippen molar-refractivity contribution < 1.29 is 18.0 Å². The van der Waals surface area contributed by atoms with Crippen molar-refractivity contribution in [1.82, 2.24) is 15.5 Å². The second-order valence-electron chi connectivity index (χ2n) is 6.72. The first-order valence-electron chi connectivity index (χ1n) is 8.59. The maximum absolute atomic E-state index is 12.6. The standard InChI is InChI=1S/C20H24F3N3O/c1-14(17-8-10-18(11-9-17)20(21,22)23)25-19(27)24-12-15-4-6-16(7-5-15)13-26(2)3/h4-11,14H,12-13H2,1-3H3,(H2,24,25,27). The van der Waals surface area contributed by atoms with Crippen LogP contribution < -0.4 is 10.6 Å². The van der Waals surface area contributed by atoms with Crippen molar-refractivity contribution in [3.05, 3.63) is 70.8 Å². The highest BCUT2D eigenvalue weighted by atomic mass is 19.4. The normalized spacial score (nSPS) is 12.7. The molecule has 0 aliphatic carbocycles. The Bertz CT molecular complexity index is 741. The average Bonchev–Trinajstić information content (AvgIpc) is 2.60. The number of benzene rings is 2. The number of urea groups is 1. The molecule has 0 fully saturated rings. The summed E-state index contributed by atoms with van der Waals surface area (Å²) in [6.07, 6.45) is -4.37. The Balaban J connectivity index is 1.84. The fourth-order valence-electron chi connectivity index (χ4n) is 2.60. The van der Waals surface area contributed by atoms with Gasteiger partial charge in [-0.05, 0) is 49.8 Å². The molecule has 0 saturated heterocycles. The molecule has 0 aliphatic rings. The molecular formula is C20H24F3N3O. The van der Waals surface area contributed by atoms with Gasteiger partial charge >= 0.3 is 12.2 Å². The van der Waals surface area contributed by atoms with E-state index in [9.17, 15) is 18.0 Å². The first kappa shape index (κ1) is 20.8. The number of halogens is 3. The van der Waals surface area contributed by atoms with Gasteiger partial charge in [0.1, 0.15) is 0 Å². The molecule has 0 radical (unpaired) electrons. The molecule has 0 bridgehead atoms. The van der Waals surface area contributed by atoms with Gasteiger partial charge in [-0.25, -0.2) is 4.79 Å². The van der Waals surface area contributed by atoms with Gasteiger partial charge in [-0.1, -0.05) is 36.4 Å². The lowest BCUT2D eigenvalue weighted by atomic mass is 10.1. The first-order chi connectivity index (χ1) is 12.6. The molecule has 1 atom stereocenters. The van der Waals surface area contributed by atoms with E-state index >= 15 is 0 Å². The summed E-state index contributed by atoms with van der Waals surface area (Å²) < 4.78 is 37.8. The monoisotopic (exact) mass is 379 g/mol. The highest BCUT2D eigenvalue weighted by molar-refractivity contribution is 5.74. The van der Waals surface area contributed by atoms with Crippen LogP contribution in [0, 0.1) is 0 Å². The molecule has 0 saturated carbocycles. The number of nitrogens with one attached hydrogen (secondary N) is 2. The zero-order chi connectivity index (χ0) is 20.0. The number of carbonyl (C=O) groups is 1. The van der Waals surface area contributed by atoms with Crippen LogP contribution in [0.2, 0.25) is 0 Å². The van der Waals surface area contributed by atoms with Crippen molar-refractivity contribution in [3.8, 4) is 0 Å². The molecule has 0 heterocycles. The molecule has 0 spiro atoms. The summed E-state index contributed by atoms with van der Waals surface area (Å²) >= 11 is 0. The largest absolute Gasteiger partial charge is 0.416 e. The number of hydrogen-bond acceptors (Lipinski definition) is 2. The van der Waals surface area contributed by atoms with Crippen molar-refractivity contribution in [2.24, 2.45) is 0 Å². The van der Waals surface area contributed by atoms with Crippen molar-refractivity contribution in [1.29, 1.82) is 0 Å². The predicted octanol–water partition coefficient (Wildman–Crippen LogP) is 4.33. The molecular weight excluding hydrogens is 355 g/mol. The van der Waals surface area contributed by atoms with E-state index in [4.69, 9.17) is 0 Å². The molecule has 2 aromatic rings. The second-order valence-corrected chi connectivity index (χ2v) is 6.72. The molecule has 2 amide bonds. The van der Waals surface area contributed by atoms with Gasteiger partial charge < -0.3 is 15.5 Å². The Hall–Kier alpha value is -2.54. The minimum absolute atomic E-state index is 0.369. The van der Waals surface area contributed by atoms with Gasteiger partial charge in [-0.15, -0.1) is 0 Å². The molecule has 4 nitrogen and oxygen atoms in total. The van der Waals surface area contributed by atoms with Gasteiger partial charge in [0.15, 0.2) is 0 Å². The van der Waals surface area contributed by atoms with Gasteiger partial charge in [0.2, 0.25) is 0 Å². The summed E-state index contributed by atoms with van der Waals surface area (Å²) in [5.74, 6) is 0. The van der Waals surface area contributed by atoms with Gasteiger partial charge in [0.25, 0.3) is 0 Å². The van der Waals surface area contributed by atoms with E-state index in [1.165, 1.54) is 17.7 Å². The van der Waals surface area contributed by atoms with Gasteiger partial charge in [-0.3, -0.25) is 0 Å². The lowest BCUT2D eigenvalue weighted by Gasteiger charge is -2.16. The van der Waals surface area contributed by atoms with Crippen molar-refractivity contribution in [2.45, 2.75) is 32.2 Å². The Kier molecular flexibility index (Phi) is 6.85. The highest BCUT2D eigenvalue weighted by Crippen LogP contribution is 2.29. The predicted molar refractivity (Wildman–Crippen MR) is 99.1 cm³/mol. The summed E-state index contributed by atoms with van der Waals surface area (Å²) in [6, 6.07) is 11.9. The number of nitrogens with zero attached hydrogens (tertiary/aromatic N) is 1. The maximum Gasteiger partial charge on any atom is 0.416 e. The number of carbonyl (C=O) groups excluding carboxylic acids is 1. The van der Waals surface area contributed by atoms with Crippen LogP contribution in [-0.4, -0.2) is 25.0 Å². The summed E-state index contributed by atoms with van der Waals surface area (Å²) in [5, 5.41) is 5.48. The van der Waals surface area contributed by atoms with Crippen LogP contribution in [0.3, 0.4) is 0 Å². The zero-order valence-corrected chi connectivity index (χ0v) is 15.6. The third-order valence-electron chi connectivity index (χ3n) is 4.06.